The van der Waals surface area contributed by atoms with Gasteiger partial charge in [0.15, 0.2) is 0 Å². The number of hydrogen-bond donors (Lipinski definition) is 1. The van der Waals surface area contributed by atoms with Crippen LogP contribution in [0, 0.1) is 0 Å². The Hall–Kier alpha value is -1.53. The van der Waals surface area contributed by atoms with Gasteiger partial charge in [-0.05, 0) is 18.2 Å². The molecule has 0 unspecified atom stereocenters. The number of halogens is 2. The molecule has 0 aliphatic carbocycles. The number of ether oxygens (including phenoxy) is 1. The first-order valence-corrected chi connectivity index (χ1v) is 8.92. The van der Waals surface area contributed by atoms with E-state index in [1.807, 2.05) is 36.4 Å². The van der Waals surface area contributed by atoms with E-state index in [1.54, 1.807) is 12.1 Å². The van der Waals surface area contributed by atoms with E-state index in [9.17, 15) is 4.79 Å². The van der Waals surface area contributed by atoms with Crippen molar-refractivity contribution in [1.82, 2.24) is 5.32 Å². The number of thioether (sulfide) groups is 1. The lowest BCUT2D eigenvalue weighted by molar-refractivity contribution is -0.115. The number of carbonyl (C=O) groups excluding carboxylic acids is 1. The van der Waals surface area contributed by atoms with Crippen LogP contribution in [0.4, 0.5) is 0 Å². The molecule has 1 fully saturated rings. The highest BCUT2D eigenvalue weighted by molar-refractivity contribution is 8.26. The Kier molecular flexibility index (Phi) is 5.46. The van der Waals surface area contributed by atoms with E-state index in [0.717, 1.165) is 11.1 Å². The van der Waals surface area contributed by atoms with E-state index in [4.69, 9.17) is 40.2 Å². The lowest BCUT2D eigenvalue weighted by Gasteiger charge is -2.11. The lowest BCUT2D eigenvalue weighted by atomic mass is 10.2. The second-order valence-electron chi connectivity index (χ2n) is 4.89. The summed E-state index contributed by atoms with van der Waals surface area (Å²) in [5.74, 6) is 0.449. The molecule has 24 heavy (non-hydrogen) atoms. The molecular formula is C17H11Cl2NO2S2. The number of hydrogen-bond acceptors (Lipinski definition) is 4. The Labute approximate surface area is 159 Å². The predicted molar refractivity (Wildman–Crippen MR) is 104 cm³/mol. The largest absolute Gasteiger partial charge is 0.488 e. The van der Waals surface area contributed by atoms with Crippen LogP contribution < -0.4 is 10.1 Å². The second kappa shape index (κ2) is 7.57. The van der Waals surface area contributed by atoms with Gasteiger partial charge in [-0.2, -0.15) is 0 Å². The van der Waals surface area contributed by atoms with Crippen LogP contribution in [0.5, 0.6) is 5.75 Å². The molecule has 0 atom stereocenters. The summed E-state index contributed by atoms with van der Waals surface area (Å²) < 4.78 is 6.32. The quantitative estimate of drug-likeness (QED) is 0.579. The standard InChI is InChI=1S/C17H11Cl2NO2S2/c18-12-6-3-5-11(15(12)19)9-22-13-7-2-1-4-10(13)8-14-16(21)20-17(23)24-14/h1-8H,9H2,(H,20,21,23). The molecule has 1 saturated heterocycles. The molecule has 2 aromatic rings. The van der Waals surface area contributed by atoms with Gasteiger partial charge in [0.1, 0.15) is 16.7 Å². The molecule has 2 aromatic carbocycles. The van der Waals surface area contributed by atoms with Crippen LogP contribution in [0.15, 0.2) is 47.4 Å². The lowest BCUT2D eigenvalue weighted by Crippen LogP contribution is -2.17. The van der Waals surface area contributed by atoms with Gasteiger partial charge in [-0.15, -0.1) is 0 Å². The van der Waals surface area contributed by atoms with Gasteiger partial charge in [0.05, 0.1) is 15.0 Å². The fourth-order valence-electron chi connectivity index (χ4n) is 2.11. The maximum Gasteiger partial charge on any atom is 0.263 e. The summed E-state index contributed by atoms with van der Waals surface area (Å²) in [5, 5.41) is 3.56. The third kappa shape index (κ3) is 3.92. The number of benzene rings is 2. The topological polar surface area (TPSA) is 38.3 Å². The Balaban J connectivity index is 1.82. The van der Waals surface area contributed by atoms with Crippen LogP contribution >= 0.6 is 47.2 Å². The van der Waals surface area contributed by atoms with Gasteiger partial charge in [-0.3, -0.25) is 4.79 Å². The van der Waals surface area contributed by atoms with Crippen molar-refractivity contribution in [2.24, 2.45) is 0 Å². The first-order valence-electron chi connectivity index (χ1n) is 6.94. The Morgan fingerprint density at radius 3 is 2.71 bits per heavy atom. The molecule has 0 saturated carbocycles. The van der Waals surface area contributed by atoms with Crippen LogP contribution in [0.1, 0.15) is 11.1 Å². The van der Waals surface area contributed by atoms with Crippen molar-refractivity contribution in [1.29, 1.82) is 0 Å². The Morgan fingerprint density at radius 2 is 1.96 bits per heavy atom. The summed E-state index contributed by atoms with van der Waals surface area (Å²) in [7, 11) is 0. The molecule has 1 heterocycles. The molecule has 122 valence electrons. The van der Waals surface area contributed by atoms with Crippen molar-refractivity contribution in [3.63, 3.8) is 0 Å². The zero-order chi connectivity index (χ0) is 17.1. The summed E-state index contributed by atoms with van der Waals surface area (Å²) in [4.78, 5) is 12.3. The number of nitrogens with one attached hydrogen (secondary N) is 1. The zero-order valence-corrected chi connectivity index (χ0v) is 15.4. The van der Waals surface area contributed by atoms with E-state index in [-0.39, 0.29) is 12.5 Å². The number of thiocarbonyl (C=S) groups is 1. The van der Waals surface area contributed by atoms with Crippen molar-refractivity contribution in [3.05, 3.63) is 68.5 Å². The average molecular weight is 396 g/mol. The summed E-state index contributed by atoms with van der Waals surface area (Å²) in [6.07, 6.45) is 1.76. The Bertz CT molecular complexity index is 852. The second-order valence-corrected chi connectivity index (χ2v) is 7.40. The molecular weight excluding hydrogens is 385 g/mol. The maximum atomic E-state index is 11.8. The molecule has 7 heteroatoms. The smallest absolute Gasteiger partial charge is 0.263 e. The number of amides is 1. The van der Waals surface area contributed by atoms with Crippen molar-refractivity contribution in [2.45, 2.75) is 6.61 Å². The molecule has 1 amide bonds. The normalized spacial score (nSPS) is 15.7. The minimum Gasteiger partial charge on any atom is -0.488 e. The third-order valence-electron chi connectivity index (χ3n) is 3.26. The van der Waals surface area contributed by atoms with Crippen LogP contribution in [0.2, 0.25) is 10.0 Å². The highest BCUT2D eigenvalue weighted by Crippen LogP contribution is 2.31. The summed E-state index contributed by atoms with van der Waals surface area (Å²) >= 11 is 18.4. The summed E-state index contributed by atoms with van der Waals surface area (Å²) in [5.41, 5.74) is 1.58. The fourth-order valence-corrected chi connectivity index (χ4v) is 3.52. The van der Waals surface area contributed by atoms with Crippen molar-refractivity contribution >= 4 is 63.5 Å². The van der Waals surface area contributed by atoms with E-state index in [2.05, 4.69) is 5.32 Å². The van der Waals surface area contributed by atoms with Gasteiger partial charge < -0.3 is 10.1 Å². The summed E-state index contributed by atoms with van der Waals surface area (Å²) in [6.45, 7) is 0.275. The van der Waals surface area contributed by atoms with Crippen LogP contribution in [0.25, 0.3) is 6.08 Å². The average Bonchev–Trinajstić information content (AvgIpc) is 2.87. The molecule has 1 aliphatic rings. The third-order valence-corrected chi connectivity index (χ3v) is 5.28. The van der Waals surface area contributed by atoms with Crippen molar-refractivity contribution in [3.8, 4) is 5.75 Å². The van der Waals surface area contributed by atoms with Crippen molar-refractivity contribution < 1.29 is 9.53 Å². The first-order chi connectivity index (χ1) is 11.5. The minimum absolute atomic E-state index is 0.197. The number of rotatable bonds is 4. The first kappa shape index (κ1) is 17.3. The van der Waals surface area contributed by atoms with Crippen LogP contribution in [-0.4, -0.2) is 10.2 Å². The summed E-state index contributed by atoms with van der Waals surface area (Å²) in [6, 6.07) is 12.8. The van der Waals surface area contributed by atoms with Crippen LogP contribution in [-0.2, 0) is 11.4 Å². The molecule has 0 spiro atoms. The van der Waals surface area contributed by atoms with E-state index < -0.39 is 0 Å². The van der Waals surface area contributed by atoms with Gasteiger partial charge in [-0.1, -0.05) is 77.5 Å². The van der Waals surface area contributed by atoms with Gasteiger partial charge in [0.25, 0.3) is 5.91 Å². The molecule has 0 bridgehead atoms. The van der Waals surface area contributed by atoms with E-state index >= 15 is 0 Å². The van der Waals surface area contributed by atoms with Gasteiger partial charge in [0, 0.05) is 11.1 Å². The molecule has 1 aliphatic heterocycles. The highest BCUT2D eigenvalue weighted by atomic mass is 35.5. The Morgan fingerprint density at radius 1 is 1.17 bits per heavy atom. The number of para-hydroxylation sites is 1. The molecule has 1 N–H and O–H groups in total. The number of carbonyl (C=O) groups is 1. The van der Waals surface area contributed by atoms with E-state index in [0.29, 0.717) is 25.0 Å². The van der Waals surface area contributed by atoms with Gasteiger partial charge in [0.2, 0.25) is 0 Å². The van der Waals surface area contributed by atoms with Crippen LogP contribution in [0.3, 0.4) is 0 Å². The molecule has 3 rings (SSSR count). The predicted octanol–water partition coefficient (Wildman–Crippen LogP) is 5.06. The molecule has 3 nitrogen and oxygen atoms in total. The monoisotopic (exact) mass is 395 g/mol. The molecule has 0 radical (unpaired) electrons. The fraction of sp³-hybridized carbons (Fsp3) is 0.0588. The zero-order valence-electron chi connectivity index (χ0n) is 12.2. The van der Waals surface area contributed by atoms with Gasteiger partial charge in [-0.25, -0.2) is 0 Å². The minimum atomic E-state index is -0.197. The van der Waals surface area contributed by atoms with Crippen molar-refractivity contribution in [2.75, 3.05) is 0 Å². The molecule has 0 aromatic heterocycles. The van der Waals surface area contributed by atoms with Gasteiger partial charge >= 0.3 is 0 Å². The van der Waals surface area contributed by atoms with E-state index in [1.165, 1.54) is 11.8 Å². The maximum absolute atomic E-state index is 11.8. The highest BCUT2D eigenvalue weighted by Gasteiger charge is 2.22. The SMILES string of the molecule is O=C1NC(=S)SC1=Cc1ccccc1OCc1cccc(Cl)c1Cl.